The van der Waals surface area contributed by atoms with Gasteiger partial charge in [0.15, 0.2) is 23.0 Å². The van der Waals surface area contributed by atoms with Gasteiger partial charge in [0.2, 0.25) is 10.3 Å². The molecule has 0 aliphatic carbocycles. The van der Waals surface area contributed by atoms with Crippen LogP contribution in [0, 0.1) is 42.3 Å². The summed E-state index contributed by atoms with van der Waals surface area (Å²) in [5.41, 5.74) is 5.59. The molecule has 6 aromatic carbocycles. The van der Waals surface area contributed by atoms with Gasteiger partial charge in [-0.1, -0.05) is 34.8 Å². The van der Waals surface area contributed by atoms with Crippen LogP contribution >= 0.6 is 22.7 Å². The van der Waals surface area contributed by atoms with Crippen molar-refractivity contribution >= 4 is 53.0 Å². The van der Waals surface area contributed by atoms with E-state index in [0.717, 1.165) is 60.6 Å². The van der Waals surface area contributed by atoms with Gasteiger partial charge in [0.05, 0.1) is 76.7 Å². The Kier molecular flexibility index (Phi) is 19.5. The average Bonchev–Trinajstić information content (AvgIpc) is 4.19. The van der Waals surface area contributed by atoms with E-state index >= 15 is 0 Å². The summed E-state index contributed by atoms with van der Waals surface area (Å²) < 4.78 is 108. The lowest BCUT2D eigenvalue weighted by Gasteiger charge is -2.23. The summed E-state index contributed by atoms with van der Waals surface area (Å²) in [6.07, 6.45) is 0. The number of sulfonamides is 2. The van der Waals surface area contributed by atoms with Crippen molar-refractivity contribution in [2.24, 2.45) is 0 Å². The van der Waals surface area contributed by atoms with Crippen molar-refractivity contribution in [3.8, 4) is 63.9 Å². The smallest absolute Gasteiger partial charge is 0.266 e. The van der Waals surface area contributed by atoms with Crippen molar-refractivity contribution in [2.45, 2.75) is 36.7 Å². The Hall–Kier alpha value is -8.75. The van der Waals surface area contributed by atoms with E-state index in [-0.39, 0.29) is 55.8 Å². The predicted molar refractivity (Wildman–Crippen MR) is 285 cm³/mol. The van der Waals surface area contributed by atoms with Crippen molar-refractivity contribution in [3.05, 3.63) is 159 Å². The van der Waals surface area contributed by atoms with E-state index in [1.54, 1.807) is 66.7 Å². The van der Waals surface area contributed by atoms with Gasteiger partial charge in [-0.05, 0) is 110 Å². The Labute approximate surface area is 452 Å². The second-order valence-electron chi connectivity index (χ2n) is 15.8. The molecular formula is C52H49FN8O12S4. The van der Waals surface area contributed by atoms with Crippen LogP contribution in [-0.4, -0.2) is 85.0 Å². The highest BCUT2D eigenvalue weighted by molar-refractivity contribution is 7.93. The van der Waals surface area contributed by atoms with Crippen molar-refractivity contribution in [2.75, 3.05) is 51.3 Å². The molecule has 0 saturated carbocycles. The molecule has 0 spiro atoms. The molecule has 8 rings (SSSR count). The lowest BCUT2D eigenvalue weighted by molar-refractivity contribution is 0.373. The first kappa shape index (κ1) is 57.5. The molecule has 2 aromatic heterocycles. The van der Waals surface area contributed by atoms with Crippen molar-refractivity contribution < 1.29 is 59.5 Å². The lowest BCUT2D eigenvalue weighted by atomic mass is 10.2. The summed E-state index contributed by atoms with van der Waals surface area (Å²) in [5, 5.41) is 43.7. The first-order valence-corrected chi connectivity index (χ1v) is 27.0. The third-order valence-corrected chi connectivity index (χ3v) is 16.0. The van der Waals surface area contributed by atoms with E-state index in [4.69, 9.17) is 43.5 Å². The van der Waals surface area contributed by atoms with Crippen LogP contribution in [0.4, 0.5) is 14.7 Å². The number of aromatic hydroxyl groups is 1. The topological polar surface area (TPSA) is 259 Å². The van der Waals surface area contributed by atoms with Gasteiger partial charge in [0.25, 0.3) is 20.0 Å². The number of methoxy groups -OCH3 is 6. The molecule has 2 heterocycles. The molecular weight excluding hydrogens is 1080 g/mol. The fourth-order valence-electron chi connectivity index (χ4n) is 6.97. The fraction of sp³-hybridized carbons (Fsp3) is 0.192. The molecule has 400 valence electrons. The minimum atomic E-state index is -4.18. The molecule has 0 saturated heterocycles. The molecule has 0 bridgehead atoms. The number of rotatable bonds is 18. The number of hydrogen-bond acceptors (Lipinski definition) is 20. The van der Waals surface area contributed by atoms with Crippen LogP contribution in [0.5, 0.6) is 51.7 Å². The second-order valence-corrected chi connectivity index (χ2v) is 21.1. The lowest BCUT2D eigenvalue weighted by Crippen LogP contribution is -2.31. The molecule has 0 fully saturated rings. The number of phenols is 1. The Morgan fingerprint density at radius 3 is 1.43 bits per heavy atom. The molecule has 8 aromatic rings. The number of aromatic nitrogens is 4. The third-order valence-electron chi connectivity index (χ3n) is 10.9. The summed E-state index contributed by atoms with van der Waals surface area (Å²) in [4.78, 5) is -0.349. The standard InChI is InChI=1S/C26H24N4O6S2.C18H15FN4O4S2.C8H10O2/c1-17-5-9-23(34-3)25(11-17)36-22-10-8-21(12-19(22)14-27)38(31,32)30(26-29-28-16-37-26)15-18-6-7-20(33-2)13-24(18)35-4;1-26-14-4-3-12(17(8-14)27-2)10-23(18-22-21-11-28-18)29(24,25)15-5-6-16(19)13(7-15)9-20;1-6-3-4-8(10-2)7(9)5-6/h5-13,16H,15H2,1-4H3;3-8,11H,10H2,1-2H3;3-5,9H,1-2H3. The monoisotopic (exact) mass is 1120 g/mol. The van der Waals surface area contributed by atoms with Gasteiger partial charge in [-0.2, -0.15) is 10.5 Å². The number of hydrogen-bond donors (Lipinski definition) is 1. The molecule has 1 N–H and O–H groups in total. The normalized spacial score (nSPS) is 10.7. The summed E-state index contributed by atoms with van der Waals surface area (Å²) in [6.45, 7) is 3.60. The van der Waals surface area contributed by atoms with Gasteiger partial charge in [-0.25, -0.2) is 29.8 Å². The average molecular weight is 1130 g/mol. The Balaban J connectivity index is 0.000000216. The summed E-state index contributed by atoms with van der Waals surface area (Å²) in [5.74, 6) is 2.97. The van der Waals surface area contributed by atoms with Gasteiger partial charge in [-0.3, -0.25) is 0 Å². The maximum absolute atomic E-state index is 13.9. The number of anilines is 2. The molecule has 0 atom stereocenters. The van der Waals surface area contributed by atoms with Crippen LogP contribution < -0.4 is 41.8 Å². The first-order valence-electron chi connectivity index (χ1n) is 22.3. The van der Waals surface area contributed by atoms with E-state index in [2.05, 4.69) is 20.4 Å². The van der Waals surface area contributed by atoms with Gasteiger partial charge >= 0.3 is 0 Å². The van der Waals surface area contributed by atoms with E-state index in [9.17, 15) is 26.5 Å². The quantitative estimate of drug-likeness (QED) is 0.0838. The number of phenolic OH excluding ortho intramolecular Hbond substituents is 1. The van der Waals surface area contributed by atoms with Crippen molar-refractivity contribution in [3.63, 3.8) is 0 Å². The van der Waals surface area contributed by atoms with Crippen molar-refractivity contribution in [1.29, 1.82) is 10.5 Å². The Bertz CT molecular complexity index is 3630. The maximum Gasteiger partial charge on any atom is 0.266 e. The summed E-state index contributed by atoms with van der Waals surface area (Å²) >= 11 is 2.09. The first-order chi connectivity index (χ1) is 36.9. The van der Waals surface area contributed by atoms with E-state index < -0.39 is 25.9 Å². The molecule has 0 radical (unpaired) electrons. The van der Waals surface area contributed by atoms with E-state index in [1.807, 2.05) is 32.0 Å². The summed E-state index contributed by atoms with van der Waals surface area (Å²) in [7, 11) is 0.673. The number of halogens is 1. The molecule has 0 aliphatic rings. The highest BCUT2D eigenvalue weighted by atomic mass is 32.2. The van der Waals surface area contributed by atoms with Crippen LogP contribution in [0.3, 0.4) is 0 Å². The van der Waals surface area contributed by atoms with Crippen LogP contribution in [0.15, 0.2) is 130 Å². The number of benzene rings is 6. The van der Waals surface area contributed by atoms with Crippen LogP contribution in [0.2, 0.25) is 0 Å². The Morgan fingerprint density at radius 1 is 0.532 bits per heavy atom. The Morgan fingerprint density at radius 2 is 0.987 bits per heavy atom. The van der Waals surface area contributed by atoms with Gasteiger partial charge < -0.3 is 38.3 Å². The molecule has 77 heavy (non-hydrogen) atoms. The number of aryl methyl sites for hydroxylation is 2. The molecule has 20 nitrogen and oxygen atoms in total. The van der Waals surface area contributed by atoms with Crippen LogP contribution in [0.1, 0.15) is 33.4 Å². The predicted octanol–water partition coefficient (Wildman–Crippen LogP) is 9.60. The van der Waals surface area contributed by atoms with E-state index in [0.29, 0.717) is 51.4 Å². The minimum Gasteiger partial charge on any atom is -0.504 e. The van der Waals surface area contributed by atoms with Gasteiger partial charge in [0.1, 0.15) is 57.7 Å². The number of nitriles is 2. The number of ether oxygens (including phenoxy) is 7. The largest absolute Gasteiger partial charge is 0.504 e. The number of nitrogens with zero attached hydrogens (tertiary/aromatic N) is 8. The zero-order valence-corrected chi connectivity index (χ0v) is 45.8. The zero-order valence-electron chi connectivity index (χ0n) is 42.5. The molecule has 0 amide bonds. The van der Waals surface area contributed by atoms with E-state index in [1.165, 1.54) is 71.9 Å². The highest BCUT2D eigenvalue weighted by Crippen LogP contribution is 2.38. The second kappa shape index (κ2) is 26.1. The third kappa shape index (κ3) is 14.0. The van der Waals surface area contributed by atoms with Gasteiger partial charge in [-0.15, -0.1) is 20.4 Å². The minimum absolute atomic E-state index is 0.0360. The SMILES string of the molecule is COc1ccc(C)cc1O.COc1ccc(CN(c2nncs2)S(=O)(=O)c2ccc(F)c(C#N)c2)c(OC)c1.COc1ccc(CN(c2nncs2)S(=O)(=O)c2ccc(Oc3cc(C)ccc3OC)c(C#N)c2)c(OC)c1. The van der Waals surface area contributed by atoms with Crippen LogP contribution in [0.25, 0.3) is 0 Å². The molecule has 0 unspecified atom stereocenters. The zero-order chi connectivity index (χ0) is 55.9. The fourth-order valence-corrected chi connectivity index (χ4v) is 11.4. The molecule has 25 heteroatoms. The van der Waals surface area contributed by atoms with Crippen LogP contribution in [-0.2, 0) is 33.1 Å². The van der Waals surface area contributed by atoms with Crippen molar-refractivity contribution in [1.82, 2.24) is 20.4 Å². The highest BCUT2D eigenvalue weighted by Gasteiger charge is 2.31. The molecule has 0 aliphatic heterocycles. The maximum atomic E-state index is 13.9. The summed E-state index contributed by atoms with van der Waals surface area (Å²) in [6, 6.07) is 31.6. The van der Waals surface area contributed by atoms with Gasteiger partial charge in [0, 0.05) is 23.3 Å².